The molecule has 2 saturated heterocycles. The van der Waals surface area contributed by atoms with Crippen LogP contribution in [0.1, 0.15) is 64.6 Å². The van der Waals surface area contributed by atoms with Crippen molar-refractivity contribution < 1.29 is 23.6 Å². The van der Waals surface area contributed by atoms with Gasteiger partial charge in [0.1, 0.15) is 6.61 Å². The first-order valence-corrected chi connectivity index (χ1v) is 12.2. The van der Waals surface area contributed by atoms with Gasteiger partial charge in [-0.15, -0.1) is 0 Å². The summed E-state index contributed by atoms with van der Waals surface area (Å²) in [4.78, 5) is 15.1. The van der Waals surface area contributed by atoms with Crippen molar-refractivity contribution in [1.29, 1.82) is 0 Å². The van der Waals surface area contributed by atoms with Crippen LogP contribution < -0.4 is 5.46 Å². The minimum absolute atomic E-state index is 0.0187. The average molecular weight is 465 g/mol. The Bertz CT molecular complexity index is 945. The van der Waals surface area contributed by atoms with Gasteiger partial charge >= 0.3 is 13.2 Å². The number of morpholine rings is 1. The van der Waals surface area contributed by atoms with Crippen LogP contribution in [0.15, 0.2) is 54.6 Å². The van der Waals surface area contributed by atoms with Crippen LogP contribution in [0.3, 0.4) is 0 Å². The quantitative estimate of drug-likeness (QED) is 0.570. The predicted octanol–water partition coefficient (Wildman–Crippen LogP) is 4.86. The van der Waals surface area contributed by atoms with Crippen molar-refractivity contribution >= 4 is 18.7 Å². The average Bonchev–Trinajstić information content (AvgIpc) is 3.05. The van der Waals surface area contributed by atoms with Gasteiger partial charge in [0, 0.05) is 0 Å². The molecule has 6 nitrogen and oxygen atoms in total. The number of hydrogen-bond acceptors (Lipinski definition) is 5. The molecular weight excluding hydrogens is 429 g/mol. The van der Waals surface area contributed by atoms with Gasteiger partial charge in [0.2, 0.25) is 0 Å². The Morgan fingerprint density at radius 3 is 2.26 bits per heavy atom. The standard InChI is InChI=1S/C27H36BNO5/c1-6-10-23-18-31-19-24(29(23)25(30)32-17-20-11-8-7-9-12-20)21-13-15-22(16-14-21)28-33-26(2,3)27(4,5)34-28/h7-9,11-16,23-24H,6,10,17-19H2,1-5H3/t23-,24-/m0/s1. The van der Waals surface area contributed by atoms with Gasteiger partial charge in [-0.05, 0) is 50.7 Å². The molecule has 34 heavy (non-hydrogen) atoms. The molecule has 2 aromatic rings. The monoisotopic (exact) mass is 465 g/mol. The molecule has 2 heterocycles. The molecule has 0 unspecified atom stereocenters. The van der Waals surface area contributed by atoms with Crippen LogP contribution in [0.4, 0.5) is 4.79 Å². The SMILES string of the molecule is CCC[C@H]1COC[C@@H](c2ccc(B3OC(C)(C)C(C)(C)O3)cc2)N1C(=O)OCc1ccccc1. The van der Waals surface area contributed by atoms with Crippen molar-refractivity contribution in [2.45, 2.75) is 77.4 Å². The van der Waals surface area contributed by atoms with Crippen molar-refractivity contribution in [2.75, 3.05) is 13.2 Å². The molecule has 0 aliphatic carbocycles. The summed E-state index contributed by atoms with van der Waals surface area (Å²) in [7, 11) is -0.415. The maximum atomic E-state index is 13.3. The summed E-state index contributed by atoms with van der Waals surface area (Å²) in [5.41, 5.74) is 2.17. The van der Waals surface area contributed by atoms with Crippen LogP contribution in [0.25, 0.3) is 0 Å². The lowest BCUT2D eigenvalue weighted by Gasteiger charge is -2.41. The third-order valence-electron chi connectivity index (χ3n) is 7.20. The first kappa shape index (κ1) is 24.8. The van der Waals surface area contributed by atoms with E-state index in [1.54, 1.807) is 0 Å². The number of ether oxygens (including phenoxy) is 2. The van der Waals surface area contributed by atoms with Gasteiger partial charge in [0.25, 0.3) is 0 Å². The van der Waals surface area contributed by atoms with Crippen LogP contribution >= 0.6 is 0 Å². The van der Waals surface area contributed by atoms with Crippen LogP contribution in [0.5, 0.6) is 0 Å². The molecule has 0 spiro atoms. The molecule has 2 aliphatic rings. The lowest BCUT2D eigenvalue weighted by molar-refractivity contribution is -0.0493. The fourth-order valence-electron chi connectivity index (χ4n) is 4.47. The second-order valence-electron chi connectivity index (χ2n) is 10.2. The Kier molecular flexibility index (Phi) is 7.36. The highest BCUT2D eigenvalue weighted by Crippen LogP contribution is 2.37. The summed E-state index contributed by atoms with van der Waals surface area (Å²) in [6, 6.07) is 17.7. The normalized spacial score (nSPS) is 23.7. The van der Waals surface area contributed by atoms with Crippen LogP contribution in [0, 0.1) is 0 Å². The second kappa shape index (κ2) is 10.1. The maximum Gasteiger partial charge on any atom is 0.494 e. The summed E-state index contributed by atoms with van der Waals surface area (Å²) < 4.78 is 24.0. The Labute approximate surface area is 203 Å². The third-order valence-corrected chi connectivity index (χ3v) is 7.20. The van der Waals surface area contributed by atoms with Gasteiger partial charge in [0.15, 0.2) is 0 Å². The highest BCUT2D eigenvalue weighted by Gasteiger charge is 2.51. The topological polar surface area (TPSA) is 57.2 Å². The third kappa shape index (κ3) is 5.17. The summed E-state index contributed by atoms with van der Waals surface area (Å²) in [5, 5.41) is 0. The minimum atomic E-state index is -0.415. The van der Waals surface area contributed by atoms with Crippen LogP contribution in [0.2, 0.25) is 0 Å². The highest BCUT2D eigenvalue weighted by molar-refractivity contribution is 6.62. The molecule has 0 N–H and O–H groups in total. The lowest BCUT2D eigenvalue weighted by Crippen LogP contribution is -2.50. The molecule has 2 fully saturated rings. The molecule has 0 radical (unpaired) electrons. The predicted molar refractivity (Wildman–Crippen MR) is 133 cm³/mol. The number of nitrogens with zero attached hydrogens (tertiary/aromatic N) is 1. The smallest absolute Gasteiger partial charge is 0.445 e. The molecule has 0 aromatic heterocycles. The molecule has 2 aromatic carbocycles. The van der Waals surface area contributed by atoms with E-state index >= 15 is 0 Å². The Balaban J connectivity index is 1.51. The first-order valence-electron chi connectivity index (χ1n) is 12.2. The second-order valence-corrected chi connectivity index (χ2v) is 10.2. The molecule has 2 aliphatic heterocycles. The van der Waals surface area contributed by atoms with Gasteiger partial charge in [-0.2, -0.15) is 0 Å². The molecular formula is C27H36BNO5. The van der Waals surface area contributed by atoms with E-state index in [0.717, 1.165) is 29.4 Å². The van der Waals surface area contributed by atoms with Gasteiger partial charge in [-0.1, -0.05) is 67.9 Å². The van der Waals surface area contributed by atoms with Crippen molar-refractivity contribution in [1.82, 2.24) is 4.90 Å². The van der Waals surface area contributed by atoms with E-state index in [1.807, 2.05) is 87.2 Å². The highest BCUT2D eigenvalue weighted by atomic mass is 16.7. The molecule has 4 rings (SSSR count). The Morgan fingerprint density at radius 2 is 1.65 bits per heavy atom. The van der Waals surface area contributed by atoms with Gasteiger partial charge in [-0.25, -0.2) is 4.79 Å². The minimum Gasteiger partial charge on any atom is -0.445 e. The first-order chi connectivity index (χ1) is 16.2. The fraction of sp³-hybridized carbons (Fsp3) is 0.519. The lowest BCUT2D eigenvalue weighted by atomic mass is 9.78. The molecule has 2 atom stereocenters. The van der Waals surface area contributed by atoms with Gasteiger partial charge < -0.3 is 18.8 Å². The van der Waals surface area contributed by atoms with Crippen molar-refractivity contribution in [2.24, 2.45) is 0 Å². The summed E-state index contributed by atoms with van der Waals surface area (Å²) in [6.45, 7) is 11.5. The summed E-state index contributed by atoms with van der Waals surface area (Å²) in [6.07, 6.45) is 1.53. The molecule has 7 heteroatoms. The Hall–Kier alpha value is -2.35. The van der Waals surface area contributed by atoms with Crippen molar-refractivity contribution in [3.63, 3.8) is 0 Å². The van der Waals surface area contributed by atoms with Crippen LogP contribution in [-0.2, 0) is 25.4 Å². The van der Waals surface area contributed by atoms with E-state index in [-0.39, 0.29) is 36.0 Å². The number of carbonyl (C=O) groups is 1. The molecule has 1 amide bonds. The zero-order chi connectivity index (χ0) is 24.3. The van der Waals surface area contributed by atoms with E-state index in [4.69, 9.17) is 18.8 Å². The van der Waals surface area contributed by atoms with E-state index in [1.165, 1.54) is 0 Å². The van der Waals surface area contributed by atoms with E-state index in [9.17, 15) is 4.79 Å². The van der Waals surface area contributed by atoms with Crippen LogP contribution in [-0.4, -0.2) is 48.6 Å². The van der Waals surface area contributed by atoms with Gasteiger partial charge in [0.05, 0.1) is 36.5 Å². The summed E-state index contributed by atoms with van der Waals surface area (Å²) in [5.74, 6) is 0. The summed E-state index contributed by atoms with van der Waals surface area (Å²) >= 11 is 0. The molecule has 0 saturated carbocycles. The molecule has 0 bridgehead atoms. The Morgan fingerprint density at radius 1 is 1.00 bits per heavy atom. The zero-order valence-corrected chi connectivity index (χ0v) is 21.0. The zero-order valence-electron chi connectivity index (χ0n) is 21.0. The van der Waals surface area contributed by atoms with Crippen molar-refractivity contribution in [3.05, 3.63) is 65.7 Å². The van der Waals surface area contributed by atoms with E-state index in [0.29, 0.717) is 13.2 Å². The maximum absolute atomic E-state index is 13.3. The molecule has 182 valence electrons. The number of benzene rings is 2. The van der Waals surface area contributed by atoms with Gasteiger partial charge in [-0.3, -0.25) is 4.90 Å². The number of hydrogen-bond donors (Lipinski definition) is 0. The van der Waals surface area contributed by atoms with E-state index < -0.39 is 7.12 Å². The van der Waals surface area contributed by atoms with Crippen molar-refractivity contribution in [3.8, 4) is 0 Å². The largest absolute Gasteiger partial charge is 0.494 e. The van der Waals surface area contributed by atoms with E-state index in [2.05, 4.69) is 6.92 Å². The number of amides is 1. The fourth-order valence-corrected chi connectivity index (χ4v) is 4.47. The number of rotatable bonds is 6. The number of carbonyl (C=O) groups excluding carboxylic acids is 1.